The zero-order chi connectivity index (χ0) is 20.8. The first kappa shape index (κ1) is 18.8. The van der Waals surface area contributed by atoms with Crippen molar-refractivity contribution < 1.29 is 4.79 Å². The Balaban J connectivity index is 1.34. The van der Waals surface area contributed by atoms with Crippen LogP contribution in [-0.4, -0.2) is 71.2 Å². The Bertz CT molecular complexity index is 1060. The number of hydrogen-bond acceptors (Lipinski definition) is 4. The molecule has 7 rings (SSSR count). The molecule has 2 N–H and O–H groups in total. The average Bonchev–Trinajstić information content (AvgIpc) is 3.23. The largest absolute Gasteiger partial charge is 0.348 e. The van der Waals surface area contributed by atoms with Crippen LogP contribution in [0.15, 0.2) is 67.0 Å². The predicted octanol–water partition coefficient (Wildman–Crippen LogP) is 2.37. The first-order chi connectivity index (χ1) is 15.2. The van der Waals surface area contributed by atoms with Crippen molar-refractivity contribution in [3.8, 4) is 11.1 Å². The molecule has 5 heterocycles. The van der Waals surface area contributed by atoms with Gasteiger partial charge < -0.3 is 15.1 Å². The van der Waals surface area contributed by atoms with Crippen LogP contribution in [-0.2, 0) is 5.41 Å². The van der Waals surface area contributed by atoms with E-state index in [2.05, 4.69) is 55.6 Å². The molecule has 1 aromatic heterocycles. The van der Waals surface area contributed by atoms with Crippen molar-refractivity contribution in [2.75, 3.05) is 39.3 Å². The van der Waals surface area contributed by atoms with E-state index in [1.165, 1.54) is 5.56 Å². The van der Waals surface area contributed by atoms with Crippen LogP contribution in [0, 0.1) is 5.92 Å². The monoisotopic (exact) mass is 413 g/mol. The maximum Gasteiger partial charge on any atom is 0.251 e. The molecule has 6 nitrogen and oxygen atoms in total. The van der Waals surface area contributed by atoms with Gasteiger partial charge in [-0.2, -0.15) is 5.10 Å². The summed E-state index contributed by atoms with van der Waals surface area (Å²) < 4.78 is 0. The minimum Gasteiger partial charge on any atom is -0.348 e. The lowest BCUT2D eigenvalue weighted by Gasteiger charge is -2.55. The molecule has 3 unspecified atom stereocenters. The van der Waals surface area contributed by atoms with E-state index < -0.39 is 0 Å². The van der Waals surface area contributed by atoms with E-state index >= 15 is 0 Å². The lowest BCUT2D eigenvalue weighted by Crippen LogP contribution is -2.70. The third-order valence-electron chi connectivity index (χ3n) is 7.39. The van der Waals surface area contributed by atoms with Gasteiger partial charge >= 0.3 is 0 Å². The van der Waals surface area contributed by atoms with E-state index in [-0.39, 0.29) is 17.4 Å². The van der Waals surface area contributed by atoms with Crippen LogP contribution in [0.5, 0.6) is 0 Å². The molecular formula is C25H27N5O. The third-order valence-corrected chi connectivity index (χ3v) is 7.39. The maximum absolute atomic E-state index is 13.5. The van der Waals surface area contributed by atoms with Crippen molar-refractivity contribution in [3.63, 3.8) is 0 Å². The number of carbonyl (C=O) groups is 1. The van der Waals surface area contributed by atoms with Crippen LogP contribution in [0.1, 0.15) is 15.9 Å². The van der Waals surface area contributed by atoms with Crippen LogP contribution in [0.2, 0.25) is 0 Å². The quantitative estimate of drug-likeness (QED) is 0.689. The normalized spacial score (nSPS) is 31.4. The number of benzene rings is 2. The number of hydrogen-bond donors (Lipinski definition) is 2. The van der Waals surface area contributed by atoms with Crippen LogP contribution >= 0.6 is 0 Å². The summed E-state index contributed by atoms with van der Waals surface area (Å²) in [7, 11) is 0. The van der Waals surface area contributed by atoms with E-state index in [0.29, 0.717) is 11.5 Å². The van der Waals surface area contributed by atoms with Crippen LogP contribution in [0.3, 0.4) is 0 Å². The van der Waals surface area contributed by atoms with Crippen LogP contribution < -0.4 is 5.32 Å². The number of fused-ring (bicyclic) bond motifs is 1. The molecule has 1 amide bonds. The van der Waals surface area contributed by atoms with Crippen molar-refractivity contribution in [3.05, 3.63) is 78.1 Å². The van der Waals surface area contributed by atoms with Gasteiger partial charge in [0.05, 0.1) is 6.20 Å². The summed E-state index contributed by atoms with van der Waals surface area (Å²) in [5.41, 5.74) is 3.96. The molecular weight excluding hydrogens is 386 g/mol. The van der Waals surface area contributed by atoms with Gasteiger partial charge in [-0.15, -0.1) is 0 Å². The molecule has 4 aliphatic heterocycles. The van der Waals surface area contributed by atoms with Crippen molar-refractivity contribution in [2.24, 2.45) is 5.92 Å². The first-order valence-electron chi connectivity index (χ1n) is 11.1. The van der Waals surface area contributed by atoms with Crippen LogP contribution in [0.25, 0.3) is 11.1 Å². The van der Waals surface area contributed by atoms with Gasteiger partial charge in [0.2, 0.25) is 0 Å². The molecule has 3 atom stereocenters. The molecule has 0 saturated carbocycles. The molecule has 3 aromatic rings. The Kier molecular flexibility index (Phi) is 4.44. The van der Waals surface area contributed by atoms with Gasteiger partial charge in [0, 0.05) is 74.0 Å². The number of nitrogens with zero attached hydrogens (tertiary/aromatic N) is 3. The minimum atomic E-state index is -0.0727. The standard InChI is InChI=1S/C25H27N5O/c31-24(19-6-4-5-18(11-19)20-12-26-27-13-20)28-23-21-14-29-9-10-30(15-21)17-25(23,16-29)22-7-2-1-3-8-22/h1-8,11-13,21,23H,9-10,14-17H2,(H,26,27)(H,28,31). The van der Waals surface area contributed by atoms with Crippen molar-refractivity contribution in [2.45, 2.75) is 11.5 Å². The SMILES string of the molecule is O=C(NC1C2CN3CCN(C2)CC1(c1ccccc1)C3)c1cccc(-c2cn[nH]c2)c1. The first-order valence-corrected chi connectivity index (χ1v) is 11.1. The Labute approximate surface area is 182 Å². The third kappa shape index (κ3) is 3.18. The van der Waals surface area contributed by atoms with Gasteiger partial charge in [0.1, 0.15) is 0 Å². The summed E-state index contributed by atoms with van der Waals surface area (Å²) in [6.07, 6.45) is 3.64. The number of piperidine rings is 2. The fourth-order valence-electron chi connectivity index (χ4n) is 6.04. The number of rotatable bonds is 4. The Morgan fingerprint density at radius 3 is 2.48 bits per heavy atom. The smallest absolute Gasteiger partial charge is 0.251 e. The lowest BCUT2D eigenvalue weighted by molar-refractivity contribution is 0.0180. The van der Waals surface area contributed by atoms with E-state index in [1.54, 1.807) is 6.20 Å². The summed E-state index contributed by atoms with van der Waals surface area (Å²) in [6.45, 7) is 6.38. The fraction of sp³-hybridized carbons (Fsp3) is 0.360. The van der Waals surface area contributed by atoms with E-state index in [1.807, 2.05) is 30.5 Å². The second kappa shape index (κ2) is 7.32. The summed E-state index contributed by atoms with van der Waals surface area (Å²) in [5, 5.41) is 10.4. The highest BCUT2D eigenvalue weighted by atomic mass is 16.1. The fourth-order valence-corrected chi connectivity index (χ4v) is 6.04. The topological polar surface area (TPSA) is 64.3 Å². The summed E-state index contributed by atoms with van der Waals surface area (Å²) in [5.74, 6) is 0.452. The number of H-pyrrole nitrogens is 1. The Morgan fingerprint density at radius 2 is 1.77 bits per heavy atom. The van der Waals surface area contributed by atoms with Gasteiger partial charge in [-0.05, 0) is 23.3 Å². The van der Waals surface area contributed by atoms with Crippen molar-refractivity contribution >= 4 is 5.91 Å². The van der Waals surface area contributed by atoms with Gasteiger partial charge in [-0.1, -0.05) is 42.5 Å². The highest BCUT2D eigenvalue weighted by Crippen LogP contribution is 2.43. The Morgan fingerprint density at radius 1 is 1.00 bits per heavy atom. The molecule has 4 aliphatic rings. The van der Waals surface area contributed by atoms with E-state index in [9.17, 15) is 4.79 Å². The van der Waals surface area contributed by atoms with Crippen molar-refractivity contribution in [1.29, 1.82) is 0 Å². The number of amides is 1. The van der Waals surface area contributed by atoms with Gasteiger partial charge in [0.25, 0.3) is 5.91 Å². The van der Waals surface area contributed by atoms with Crippen molar-refractivity contribution in [1.82, 2.24) is 25.3 Å². The highest BCUT2D eigenvalue weighted by molar-refractivity contribution is 5.95. The molecule has 0 radical (unpaired) electrons. The zero-order valence-corrected chi connectivity index (χ0v) is 17.5. The molecule has 6 heteroatoms. The second-order valence-electron chi connectivity index (χ2n) is 9.27. The summed E-state index contributed by atoms with van der Waals surface area (Å²) in [4.78, 5) is 18.7. The molecule has 0 spiro atoms. The van der Waals surface area contributed by atoms with Gasteiger partial charge in [0.15, 0.2) is 0 Å². The molecule has 4 saturated heterocycles. The summed E-state index contributed by atoms with van der Waals surface area (Å²) in [6, 6.07) is 18.8. The van der Waals surface area contributed by atoms with Gasteiger partial charge in [-0.25, -0.2) is 0 Å². The highest BCUT2D eigenvalue weighted by Gasteiger charge is 2.55. The molecule has 4 fully saturated rings. The second-order valence-corrected chi connectivity index (χ2v) is 9.27. The Hall–Kier alpha value is -2.96. The molecule has 2 aromatic carbocycles. The predicted molar refractivity (Wildman–Crippen MR) is 120 cm³/mol. The summed E-state index contributed by atoms with van der Waals surface area (Å²) >= 11 is 0. The maximum atomic E-state index is 13.5. The zero-order valence-electron chi connectivity index (χ0n) is 17.5. The minimum absolute atomic E-state index is 0.0156. The molecule has 158 valence electrons. The van der Waals surface area contributed by atoms with Crippen LogP contribution in [0.4, 0.5) is 0 Å². The number of carbonyl (C=O) groups excluding carboxylic acids is 1. The average molecular weight is 414 g/mol. The number of aromatic nitrogens is 2. The van der Waals surface area contributed by atoms with E-state index in [4.69, 9.17) is 0 Å². The van der Waals surface area contributed by atoms with Gasteiger partial charge in [-0.3, -0.25) is 9.89 Å². The molecule has 0 aliphatic carbocycles. The number of nitrogens with one attached hydrogen (secondary N) is 2. The van der Waals surface area contributed by atoms with E-state index in [0.717, 1.165) is 50.4 Å². The molecule has 4 bridgehead atoms. The molecule has 31 heavy (non-hydrogen) atoms. The lowest BCUT2D eigenvalue weighted by atomic mass is 9.64. The number of aromatic amines is 1.